The molecule has 0 bridgehead atoms. The molecular formula is C16H25NO6Si. The molecule has 0 aliphatic carbocycles. The van der Waals surface area contributed by atoms with Gasteiger partial charge < -0.3 is 28.4 Å². The molecule has 1 heterocycles. The van der Waals surface area contributed by atoms with Crippen LogP contribution in [0.25, 0.3) is 0 Å². The first-order chi connectivity index (χ1) is 11.5. The molecule has 0 aromatic heterocycles. The zero-order valence-corrected chi connectivity index (χ0v) is 15.3. The quantitative estimate of drug-likeness (QED) is 0.624. The molecule has 0 amide bonds. The third-order valence-electron chi connectivity index (χ3n) is 4.05. The molecule has 7 nitrogen and oxygen atoms in total. The Kier molecular flexibility index (Phi) is 6.90. The molecule has 2 rings (SSSR count). The summed E-state index contributed by atoms with van der Waals surface area (Å²) in [6, 6.07) is 7.25. The van der Waals surface area contributed by atoms with Gasteiger partial charge in [0.2, 0.25) is 0 Å². The van der Waals surface area contributed by atoms with Gasteiger partial charge in [-0.1, -0.05) is 24.3 Å². The van der Waals surface area contributed by atoms with Gasteiger partial charge in [0.05, 0.1) is 12.7 Å². The first-order valence-electron chi connectivity index (χ1n) is 7.96. The van der Waals surface area contributed by atoms with Crippen molar-refractivity contribution in [3.63, 3.8) is 0 Å². The highest BCUT2D eigenvalue weighted by molar-refractivity contribution is 6.75. The molecular weight excluding hydrogens is 330 g/mol. The highest BCUT2D eigenvalue weighted by atomic mass is 28.4. The van der Waals surface area contributed by atoms with E-state index < -0.39 is 20.8 Å². The average molecular weight is 355 g/mol. The molecule has 8 heteroatoms. The van der Waals surface area contributed by atoms with Gasteiger partial charge in [-0.3, -0.25) is 4.79 Å². The second-order valence-corrected chi connectivity index (χ2v) is 8.36. The van der Waals surface area contributed by atoms with Crippen molar-refractivity contribution in [1.82, 2.24) is 5.32 Å². The van der Waals surface area contributed by atoms with E-state index in [1.165, 1.54) is 0 Å². The molecule has 0 spiro atoms. The van der Waals surface area contributed by atoms with E-state index in [9.17, 15) is 4.79 Å². The summed E-state index contributed by atoms with van der Waals surface area (Å²) in [6.07, 6.45) is 0.404. The maximum Gasteiger partial charge on any atom is 0.536 e. The predicted molar refractivity (Wildman–Crippen MR) is 90.1 cm³/mol. The fourth-order valence-corrected chi connectivity index (χ4v) is 4.74. The number of carboxylic acid groups (broad SMARTS) is 1. The SMILES string of the molecule is CCO[Si](OC)(OC)c1ccc(CO[C@H]2CN[C@H](C(=O)O)C2)cc1. The third-order valence-corrected chi connectivity index (χ3v) is 6.84. The van der Waals surface area contributed by atoms with Crippen LogP contribution >= 0.6 is 0 Å². The van der Waals surface area contributed by atoms with Crippen molar-refractivity contribution in [2.75, 3.05) is 27.4 Å². The average Bonchev–Trinajstić information content (AvgIpc) is 3.08. The van der Waals surface area contributed by atoms with Crippen molar-refractivity contribution in [3.8, 4) is 0 Å². The van der Waals surface area contributed by atoms with Gasteiger partial charge in [-0.2, -0.15) is 0 Å². The van der Waals surface area contributed by atoms with E-state index in [4.69, 9.17) is 23.1 Å². The lowest BCUT2D eigenvalue weighted by molar-refractivity contribution is -0.139. The van der Waals surface area contributed by atoms with Crippen LogP contribution in [0.5, 0.6) is 0 Å². The van der Waals surface area contributed by atoms with Crippen molar-refractivity contribution >= 4 is 20.0 Å². The summed E-state index contributed by atoms with van der Waals surface area (Å²) in [4.78, 5) is 10.9. The first-order valence-corrected chi connectivity index (χ1v) is 9.68. The third kappa shape index (κ3) is 4.41. The molecule has 1 aliphatic rings. The summed E-state index contributed by atoms with van der Waals surface area (Å²) in [5, 5.41) is 12.8. The summed E-state index contributed by atoms with van der Waals surface area (Å²) in [5.41, 5.74) is 1.00. The predicted octanol–water partition coefficient (Wildman–Crippen LogP) is 0.494. The van der Waals surface area contributed by atoms with Crippen molar-refractivity contribution in [1.29, 1.82) is 0 Å². The number of carbonyl (C=O) groups is 1. The first kappa shape index (κ1) is 19.0. The molecule has 2 atom stereocenters. The topological polar surface area (TPSA) is 86.3 Å². The van der Waals surface area contributed by atoms with Gasteiger partial charge in [0.25, 0.3) is 0 Å². The zero-order valence-electron chi connectivity index (χ0n) is 14.3. The van der Waals surface area contributed by atoms with Crippen LogP contribution < -0.4 is 10.5 Å². The molecule has 24 heavy (non-hydrogen) atoms. The van der Waals surface area contributed by atoms with E-state index >= 15 is 0 Å². The van der Waals surface area contributed by atoms with Crippen LogP contribution in [-0.2, 0) is 29.4 Å². The van der Waals surface area contributed by atoms with Crippen molar-refractivity contribution in [3.05, 3.63) is 29.8 Å². The van der Waals surface area contributed by atoms with Gasteiger partial charge in [-0.25, -0.2) is 0 Å². The minimum Gasteiger partial charge on any atom is -0.480 e. The van der Waals surface area contributed by atoms with E-state index in [0.29, 0.717) is 26.2 Å². The summed E-state index contributed by atoms with van der Waals surface area (Å²) in [6.45, 7) is 3.41. The second-order valence-electron chi connectivity index (χ2n) is 5.56. The Bertz CT molecular complexity index is 534. The lowest BCUT2D eigenvalue weighted by Gasteiger charge is -2.26. The molecule has 1 aliphatic heterocycles. The maximum atomic E-state index is 10.9. The summed E-state index contributed by atoms with van der Waals surface area (Å²) in [7, 11) is 0.354. The van der Waals surface area contributed by atoms with Gasteiger partial charge in [0.15, 0.2) is 0 Å². The highest BCUT2D eigenvalue weighted by Gasteiger charge is 2.41. The summed E-state index contributed by atoms with van der Waals surface area (Å²) in [5.74, 6) is -0.832. The van der Waals surface area contributed by atoms with E-state index in [2.05, 4.69) is 5.32 Å². The van der Waals surface area contributed by atoms with Crippen molar-refractivity contribution < 1.29 is 27.9 Å². The number of hydrogen-bond acceptors (Lipinski definition) is 6. The summed E-state index contributed by atoms with van der Waals surface area (Å²) >= 11 is 0. The molecule has 0 unspecified atom stereocenters. The molecule has 2 N–H and O–H groups in total. The van der Waals surface area contributed by atoms with Crippen LogP contribution in [0.15, 0.2) is 24.3 Å². The van der Waals surface area contributed by atoms with Gasteiger partial charge >= 0.3 is 14.8 Å². The van der Waals surface area contributed by atoms with Crippen LogP contribution in [0.3, 0.4) is 0 Å². The molecule has 1 aromatic rings. The maximum absolute atomic E-state index is 10.9. The Balaban J connectivity index is 1.93. The van der Waals surface area contributed by atoms with Crippen molar-refractivity contribution in [2.24, 2.45) is 0 Å². The minimum atomic E-state index is -2.83. The van der Waals surface area contributed by atoms with Gasteiger partial charge in [0.1, 0.15) is 6.04 Å². The number of nitrogens with one attached hydrogen (secondary N) is 1. The Labute approximate surface area is 143 Å². The molecule has 0 saturated carbocycles. The zero-order chi connectivity index (χ0) is 17.6. The van der Waals surface area contributed by atoms with Crippen molar-refractivity contribution in [2.45, 2.75) is 32.1 Å². The lowest BCUT2D eigenvalue weighted by Crippen LogP contribution is -2.55. The normalized spacial score (nSPS) is 21.1. The van der Waals surface area contributed by atoms with Crippen LogP contribution in [0.2, 0.25) is 0 Å². The van der Waals surface area contributed by atoms with Crippen LogP contribution in [0.4, 0.5) is 0 Å². The van der Waals surface area contributed by atoms with E-state index in [0.717, 1.165) is 10.8 Å². The van der Waals surface area contributed by atoms with Crippen LogP contribution in [0, 0.1) is 0 Å². The number of benzene rings is 1. The van der Waals surface area contributed by atoms with E-state index in [1.807, 2.05) is 31.2 Å². The van der Waals surface area contributed by atoms with E-state index in [1.54, 1.807) is 14.2 Å². The smallest absolute Gasteiger partial charge is 0.480 e. The minimum absolute atomic E-state index is 0.0828. The molecule has 1 fully saturated rings. The molecule has 134 valence electrons. The van der Waals surface area contributed by atoms with Gasteiger partial charge in [-0.15, -0.1) is 0 Å². The Morgan fingerprint density at radius 2 is 1.96 bits per heavy atom. The fourth-order valence-electron chi connectivity index (χ4n) is 2.75. The number of carboxylic acids is 1. The number of aliphatic carboxylic acids is 1. The van der Waals surface area contributed by atoms with Crippen LogP contribution in [0.1, 0.15) is 18.9 Å². The van der Waals surface area contributed by atoms with Gasteiger partial charge in [0, 0.05) is 39.0 Å². The van der Waals surface area contributed by atoms with Gasteiger partial charge in [-0.05, 0) is 12.5 Å². The fraction of sp³-hybridized carbons (Fsp3) is 0.562. The largest absolute Gasteiger partial charge is 0.536 e. The standard InChI is InChI=1S/C16H25NO6Si/c1-4-23-24(20-2,21-3)14-7-5-12(6-8-14)11-22-13-9-15(16(18)19)17-10-13/h5-8,13,15,17H,4,9-11H2,1-3H3,(H,18,19)/t13-,15+/m1/s1. The summed E-state index contributed by atoms with van der Waals surface area (Å²) < 4.78 is 22.6. The Morgan fingerprint density at radius 1 is 1.29 bits per heavy atom. The number of hydrogen-bond donors (Lipinski definition) is 2. The molecule has 1 aromatic carbocycles. The number of ether oxygens (including phenoxy) is 1. The Morgan fingerprint density at radius 3 is 2.46 bits per heavy atom. The Hall–Kier alpha value is -1.29. The van der Waals surface area contributed by atoms with E-state index in [-0.39, 0.29) is 6.10 Å². The van der Waals surface area contributed by atoms with Crippen LogP contribution in [-0.4, -0.2) is 59.4 Å². The molecule has 1 saturated heterocycles. The highest BCUT2D eigenvalue weighted by Crippen LogP contribution is 2.14. The number of rotatable bonds is 9. The molecule has 0 radical (unpaired) electrons. The monoisotopic (exact) mass is 355 g/mol. The second kappa shape index (κ2) is 8.70. The lowest BCUT2D eigenvalue weighted by atomic mass is 10.2.